The van der Waals surface area contributed by atoms with Gasteiger partial charge in [-0.2, -0.15) is 0 Å². The second-order valence-electron chi connectivity index (χ2n) is 5.00. The SMILES string of the molecule is CC(N)c1sc(N2CCCC2)nc1C1CC1. The zero-order chi connectivity index (χ0) is 11.1. The fraction of sp³-hybridized carbons (Fsp3) is 0.750. The normalized spacial score (nSPS) is 22.8. The first-order chi connectivity index (χ1) is 7.75. The second-order valence-corrected chi connectivity index (χ2v) is 6.01. The Morgan fingerprint density at radius 2 is 2.06 bits per heavy atom. The largest absolute Gasteiger partial charge is 0.348 e. The molecule has 1 saturated carbocycles. The van der Waals surface area contributed by atoms with Crippen molar-refractivity contribution in [2.45, 2.75) is 44.6 Å². The van der Waals surface area contributed by atoms with Crippen molar-refractivity contribution in [2.75, 3.05) is 18.0 Å². The van der Waals surface area contributed by atoms with Crippen molar-refractivity contribution in [3.05, 3.63) is 10.6 Å². The van der Waals surface area contributed by atoms with Crippen molar-refractivity contribution in [1.82, 2.24) is 4.98 Å². The third kappa shape index (κ3) is 1.84. The Bertz CT molecular complexity index is 356. The summed E-state index contributed by atoms with van der Waals surface area (Å²) in [6, 6.07) is 0.143. The number of nitrogens with zero attached hydrogens (tertiary/aromatic N) is 2. The topological polar surface area (TPSA) is 42.1 Å². The van der Waals surface area contributed by atoms with Crippen LogP contribution in [0.25, 0.3) is 0 Å². The summed E-state index contributed by atoms with van der Waals surface area (Å²) in [7, 11) is 0. The molecule has 1 aromatic heterocycles. The molecule has 1 unspecified atom stereocenters. The van der Waals surface area contributed by atoms with E-state index in [1.165, 1.54) is 54.5 Å². The standard InChI is InChI=1S/C12H19N3S/c1-8(13)11-10(9-4-5-9)14-12(16-11)15-6-2-3-7-15/h8-9H,2-7,13H2,1H3. The molecule has 88 valence electrons. The molecular weight excluding hydrogens is 218 g/mol. The molecule has 2 heterocycles. The van der Waals surface area contributed by atoms with Crippen molar-refractivity contribution in [2.24, 2.45) is 5.73 Å². The number of aromatic nitrogens is 1. The number of nitrogens with two attached hydrogens (primary N) is 1. The van der Waals surface area contributed by atoms with Gasteiger partial charge in [0.15, 0.2) is 5.13 Å². The van der Waals surface area contributed by atoms with E-state index in [1.54, 1.807) is 0 Å². The molecular formula is C12H19N3S. The molecule has 2 fully saturated rings. The van der Waals surface area contributed by atoms with Crippen LogP contribution in [0.2, 0.25) is 0 Å². The molecule has 0 aromatic carbocycles. The van der Waals surface area contributed by atoms with Crippen molar-refractivity contribution in [3.63, 3.8) is 0 Å². The lowest BCUT2D eigenvalue weighted by Gasteiger charge is -2.12. The van der Waals surface area contributed by atoms with Crippen molar-refractivity contribution < 1.29 is 0 Å². The minimum atomic E-state index is 0.143. The number of rotatable bonds is 3. The summed E-state index contributed by atoms with van der Waals surface area (Å²) in [6.07, 6.45) is 5.24. The monoisotopic (exact) mass is 237 g/mol. The molecule has 1 aliphatic carbocycles. The Hall–Kier alpha value is -0.610. The van der Waals surface area contributed by atoms with Gasteiger partial charge in [0.25, 0.3) is 0 Å². The van der Waals surface area contributed by atoms with Crippen LogP contribution in [0.5, 0.6) is 0 Å². The van der Waals surface area contributed by atoms with Crippen molar-refractivity contribution in [1.29, 1.82) is 0 Å². The van der Waals surface area contributed by atoms with E-state index < -0.39 is 0 Å². The van der Waals surface area contributed by atoms with E-state index in [4.69, 9.17) is 10.7 Å². The van der Waals surface area contributed by atoms with Crippen LogP contribution in [-0.2, 0) is 0 Å². The molecule has 2 aliphatic rings. The van der Waals surface area contributed by atoms with E-state index in [2.05, 4.69) is 11.8 Å². The van der Waals surface area contributed by atoms with E-state index >= 15 is 0 Å². The third-order valence-electron chi connectivity index (χ3n) is 3.42. The van der Waals surface area contributed by atoms with Gasteiger partial charge in [0.1, 0.15) is 0 Å². The van der Waals surface area contributed by atoms with Crippen LogP contribution >= 0.6 is 11.3 Å². The summed E-state index contributed by atoms with van der Waals surface area (Å²) < 4.78 is 0. The highest BCUT2D eigenvalue weighted by molar-refractivity contribution is 7.15. The average molecular weight is 237 g/mol. The number of anilines is 1. The van der Waals surface area contributed by atoms with Crippen LogP contribution < -0.4 is 10.6 Å². The Balaban J connectivity index is 1.91. The first-order valence-electron chi connectivity index (χ1n) is 6.27. The maximum atomic E-state index is 6.04. The molecule has 0 radical (unpaired) electrons. The van der Waals surface area contributed by atoms with E-state index in [1.807, 2.05) is 11.3 Å². The Morgan fingerprint density at radius 3 is 2.62 bits per heavy atom. The van der Waals surface area contributed by atoms with E-state index in [0.29, 0.717) is 5.92 Å². The molecule has 16 heavy (non-hydrogen) atoms. The zero-order valence-electron chi connectivity index (χ0n) is 9.78. The summed E-state index contributed by atoms with van der Waals surface area (Å²) in [5, 5.41) is 1.21. The minimum Gasteiger partial charge on any atom is -0.348 e. The predicted octanol–water partition coefficient (Wildman–Crippen LogP) is 2.64. The highest BCUT2D eigenvalue weighted by atomic mass is 32.1. The van der Waals surface area contributed by atoms with Crippen molar-refractivity contribution in [3.8, 4) is 0 Å². The Kier molecular flexibility index (Phi) is 2.64. The third-order valence-corrected chi connectivity index (χ3v) is 4.76. The lowest BCUT2D eigenvalue weighted by atomic mass is 10.2. The predicted molar refractivity (Wildman–Crippen MR) is 68.1 cm³/mol. The van der Waals surface area contributed by atoms with Crippen LogP contribution in [0, 0.1) is 0 Å². The molecule has 3 nitrogen and oxygen atoms in total. The summed E-state index contributed by atoms with van der Waals surface area (Å²) in [4.78, 5) is 8.58. The molecule has 1 saturated heterocycles. The van der Waals surface area contributed by atoms with Crippen molar-refractivity contribution >= 4 is 16.5 Å². The highest BCUT2D eigenvalue weighted by Gasteiger charge is 2.31. The van der Waals surface area contributed by atoms with E-state index in [9.17, 15) is 0 Å². The lowest BCUT2D eigenvalue weighted by Crippen LogP contribution is -2.17. The summed E-state index contributed by atoms with van der Waals surface area (Å²) >= 11 is 1.82. The lowest BCUT2D eigenvalue weighted by molar-refractivity contribution is 0.810. The summed E-state index contributed by atoms with van der Waals surface area (Å²) in [6.45, 7) is 4.43. The highest BCUT2D eigenvalue weighted by Crippen LogP contribution is 2.45. The smallest absolute Gasteiger partial charge is 0.185 e. The van der Waals surface area contributed by atoms with Gasteiger partial charge < -0.3 is 10.6 Å². The van der Waals surface area contributed by atoms with Gasteiger partial charge in [0.05, 0.1) is 5.69 Å². The van der Waals surface area contributed by atoms with Crippen LogP contribution in [0.1, 0.15) is 55.1 Å². The summed E-state index contributed by atoms with van der Waals surface area (Å²) in [5.74, 6) is 0.716. The first kappa shape index (κ1) is 10.5. The minimum absolute atomic E-state index is 0.143. The Labute approximate surface area is 101 Å². The van der Waals surface area contributed by atoms with Gasteiger partial charge >= 0.3 is 0 Å². The van der Waals surface area contributed by atoms with E-state index in [-0.39, 0.29) is 6.04 Å². The average Bonchev–Trinajstić information content (AvgIpc) is 2.83. The number of hydrogen-bond acceptors (Lipinski definition) is 4. The van der Waals surface area contributed by atoms with Gasteiger partial charge in [-0.05, 0) is 32.6 Å². The van der Waals surface area contributed by atoms with Crippen LogP contribution in [0.3, 0.4) is 0 Å². The summed E-state index contributed by atoms with van der Waals surface area (Å²) in [5.41, 5.74) is 7.35. The van der Waals surface area contributed by atoms with Gasteiger partial charge in [-0.25, -0.2) is 4.98 Å². The molecule has 0 amide bonds. The molecule has 1 atom stereocenters. The fourth-order valence-corrected chi connectivity index (χ4v) is 3.51. The number of hydrogen-bond donors (Lipinski definition) is 1. The molecule has 1 aliphatic heterocycles. The maximum absolute atomic E-state index is 6.04. The maximum Gasteiger partial charge on any atom is 0.185 e. The molecule has 1 aromatic rings. The molecule has 4 heteroatoms. The number of thiazole rings is 1. The van der Waals surface area contributed by atoms with Gasteiger partial charge in [-0.1, -0.05) is 11.3 Å². The van der Waals surface area contributed by atoms with Crippen LogP contribution in [0.15, 0.2) is 0 Å². The fourth-order valence-electron chi connectivity index (χ4n) is 2.35. The van der Waals surface area contributed by atoms with Gasteiger partial charge in [-0.15, -0.1) is 0 Å². The first-order valence-corrected chi connectivity index (χ1v) is 7.08. The molecule has 3 rings (SSSR count). The van der Waals surface area contributed by atoms with Crippen LogP contribution in [-0.4, -0.2) is 18.1 Å². The molecule has 0 spiro atoms. The van der Waals surface area contributed by atoms with Gasteiger partial charge in [0, 0.05) is 29.9 Å². The van der Waals surface area contributed by atoms with E-state index in [0.717, 1.165) is 0 Å². The van der Waals surface area contributed by atoms with Gasteiger partial charge in [0.2, 0.25) is 0 Å². The quantitative estimate of drug-likeness (QED) is 0.878. The zero-order valence-corrected chi connectivity index (χ0v) is 10.6. The van der Waals surface area contributed by atoms with Gasteiger partial charge in [-0.3, -0.25) is 0 Å². The second kappa shape index (κ2) is 4.00. The van der Waals surface area contributed by atoms with Crippen LogP contribution in [0.4, 0.5) is 5.13 Å². The molecule has 0 bridgehead atoms. The Morgan fingerprint density at radius 1 is 1.38 bits per heavy atom. The molecule has 2 N–H and O–H groups in total.